The van der Waals surface area contributed by atoms with E-state index in [0.29, 0.717) is 0 Å². The van der Waals surface area contributed by atoms with Crippen molar-refractivity contribution in [1.29, 1.82) is 0 Å². The van der Waals surface area contributed by atoms with Crippen LogP contribution in [-0.4, -0.2) is 20.3 Å². The van der Waals surface area contributed by atoms with Gasteiger partial charge in [0.2, 0.25) is 0 Å². The van der Waals surface area contributed by atoms with Gasteiger partial charge in [0.05, 0.1) is 0 Å². The van der Waals surface area contributed by atoms with Gasteiger partial charge in [-0.1, -0.05) is 6.07 Å². The zero-order valence-corrected chi connectivity index (χ0v) is 11.9. The Labute approximate surface area is 108 Å². The lowest BCUT2D eigenvalue weighted by atomic mass is 10.2. The van der Waals surface area contributed by atoms with Crippen molar-refractivity contribution in [2.45, 2.75) is 13.0 Å². The van der Waals surface area contributed by atoms with E-state index in [9.17, 15) is 0 Å². The number of benzene rings is 1. The highest BCUT2D eigenvalue weighted by atomic mass is 79.9. The van der Waals surface area contributed by atoms with E-state index < -0.39 is 0 Å². The molecule has 0 amide bonds. The summed E-state index contributed by atoms with van der Waals surface area (Å²) in [6, 6.07) is 6.28. The number of hydrogen-bond donors (Lipinski definition) is 1. The largest absolute Gasteiger partial charge is 0.385 e. The first-order valence-corrected chi connectivity index (χ1v) is 6.46. The molecular formula is C11H15Br2NO. The fourth-order valence-corrected chi connectivity index (χ4v) is 1.90. The van der Waals surface area contributed by atoms with Crippen LogP contribution in [0.25, 0.3) is 0 Å². The molecule has 1 aromatic carbocycles. The first kappa shape index (κ1) is 13.2. The third-order valence-electron chi connectivity index (χ3n) is 2.02. The minimum absolute atomic E-state index is 0.817. The number of nitrogens with one attached hydrogen (secondary N) is 1. The van der Waals surface area contributed by atoms with Gasteiger partial charge in [-0.05, 0) is 62.5 Å². The van der Waals surface area contributed by atoms with Crippen LogP contribution in [0.1, 0.15) is 12.0 Å². The molecule has 0 radical (unpaired) electrons. The molecule has 0 aromatic heterocycles. The normalized spacial score (nSPS) is 10.6. The second kappa shape index (κ2) is 7.39. The van der Waals surface area contributed by atoms with Crippen LogP contribution in [0.4, 0.5) is 0 Å². The average molecular weight is 337 g/mol. The second-order valence-corrected chi connectivity index (χ2v) is 4.98. The molecule has 0 heterocycles. The third kappa shape index (κ3) is 5.11. The van der Waals surface area contributed by atoms with Crippen LogP contribution in [0.2, 0.25) is 0 Å². The van der Waals surface area contributed by atoms with Crippen LogP contribution >= 0.6 is 31.9 Å². The molecule has 0 aliphatic rings. The Morgan fingerprint density at radius 2 is 2.07 bits per heavy atom. The molecule has 15 heavy (non-hydrogen) atoms. The molecule has 0 unspecified atom stereocenters. The fraction of sp³-hybridized carbons (Fsp3) is 0.455. The van der Waals surface area contributed by atoms with Crippen molar-refractivity contribution in [3.8, 4) is 0 Å². The van der Waals surface area contributed by atoms with Gasteiger partial charge in [0.15, 0.2) is 0 Å². The van der Waals surface area contributed by atoms with Crippen molar-refractivity contribution in [2.75, 3.05) is 20.3 Å². The Balaban J connectivity index is 2.28. The second-order valence-electron chi connectivity index (χ2n) is 3.27. The van der Waals surface area contributed by atoms with E-state index in [1.807, 2.05) is 0 Å². The predicted molar refractivity (Wildman–Crippen MR) is 70.0 cm³/mol. The number of rotatable bonds is 6. The fourth-order valence-electron chi connectivity index (χ4n) is 1.22. The smallest absolute Gasteiger partial charge is 0.0474 e. The Kier molecular flexibility index (Phi) is 6.48. The Morgan fingerprint density at radius 1 is 1.27 bits per heavy atom. The molecule has 84 valence electrons. The lowest BCUT2D eigenvalue weighted by Gasteiger charge is -2.05. The van der Waals surface area contributed by atoms with Crippen LogP contribution in [0.15, 0.2) is 27.1 Å². The van der Waals surface area contributed by atoms with Gasteiger partial charge >= 0.3 is 0 Å². The maximum atomic E-state index is 4.98. The predicted octanol–water partition coefficient (Wildman–Crippen LogP) is 3.34. The number of halogens is 2. The van der Waals surface area contributed by atoms with E-state index in [0.717, 1.165) is 35.1 Å². The molecule has 1 aromatic rings. The lowest BCUT2D eigenvalue weighted by molar-refractivity contribution is 0.194. The van der Waals surface area contributed by atoms with E-state index >= 15 is 0 Å². The van der Waals surface area contributed by atoms with Crippen LogP contribution in [0.3, 0.4) is 0 Å². The molecule has 4 heteroatoms. The number of ether oxygens (including phenoxy) is 1. The summed E-state index contributed by atoms with van der Waals surface area (Å²) < 4.78 is 7.16. The van der Waals surface area contributed by atoms with Gasteiger partial charge in [0.1, 0.15) is 0 Å². The molecule has 0 aliphatic heterocycles. The van der Waals surface area contributed by atoms with Gasteiger partial charge in [-0.25, -0.2) is 0 Å². The van der Waals surface area contributed by atoms with Gasteiger partial charge in [0.25, 0.3) is 0 Å². The van der Waals surface area contributed by atoms with Gasteiger partial charge in [0, 0.05) is 29.2 Å². The summed E-state index contributed by atoms with van der Waals surface area (Å²) >= 11 is 6.93. The molecule has 0 atom stereocenters. The molecule has 1 rings (SSSR count). The summed E-state index contributed by atoms with van der Waals surface area (Å²) in [5.74, 6) is 0. The van der Waals surface area contributed by atoms with Crippen molar-refractivity contribution in [1.82, 2.24) is 5.32 Å². The summed E-state index contributed by atoms with van der Waals surface area (Å²) in [6.45, 7) is 2.70. The molecule has 2 nitrogen and oxygen atoms in total. The van der Waals surface area contributed by atoms with Crippen molar-refractivity contribution in [2.24, 2.45) is 0 Å². The van der Waals surface area contributed by atoms with E-state index in [1.165, 1.54) is 5.56 Å². The molecule has 0 saturated heterocycles. The summed E-state index contributed by atoms with van der Waals surface area (Å²) in [7, 11) is 1.73. The van der Waals surface area contributed by atoms with Crippen molar-refractivity contribution in [3.05, 3.63) is 32.7 Å². The summed E-state index contributed by atoms with van der Waals surface area (Å²) in [5.41, 5.74) is 1.28. The number of hydrogen-bond acceptors (Lipinski definition) is 2. The minimum atomic E-state index is 0.817. The summed E-state index contributed by atoms with van der Waals surface area (Å²) in [4.78, 5) is 0. The lowest BCUT2D eigenvalue weighted by Crippen LogP contribution is -2.16. The van der Waals surface area contributed by atoms with E-state index in [2.05, 4.69) is 55.4 Å². The highest BCUT2D eigenvalue weighted by Gasteiger charge is 1.98. The van der Waals surface area contributed by atoms with Gasteiger partial charge in [-0.15, -0.1) is 0 Å². The van der Waals surface area contributed by atoms with Crippen molar-refractivity contribution >= 4 is 31.9 Å². The zero-order chi connectivity index (χ0) is 11.1. The van der Waals surface area contributed by atoms with Gasteiger partial charge in [-0.3, -0.25) is 0 Å². The zero-order valence-electron chi connectivity index (χ0n) is 8.72. The molecule has 0 aliphatic carbocycles. The summed E-state index contributed by atoms with van der Waals surface area (Å²) in [6.07, 6.45) is 1.05. The Morgan fingerprint density at radius 3 is 2.73 bits per heavy atom. The highest BCUT2D eigenvalue weighted by molar-refractivity contribution is 9.13. The number of methoxy groups -OCH3 is 1. The van der Waals surface area contributed by atoms with Crippen LogP contribution in [-0.2, 0) is 11.3 Å². The summed E-state index contributed by atoms with van der Waals surface area (Å²) in [5, 5.41) is 3.37. The van der Waals surface area contributed by atoms with E-state index in [-0.39, 0.29) is 0 Å². The van der Waals surface area contributed by atoms with Gasteiger partial charge < -0.3 is 10.1 Å². The van der Waals surface area contributed by atoms with Crippen LogP contribution < -0.4 is 5.32 Å². The average Bonchev–Trinajstić information content (AvgIpc) is 2.23. The molecule has 0 bridgehead atoms. The Hall–Kier alpha value is 0.1000. The maximum absolute atomic E-state index is 4.98. The first-order chi connectivity index (χ1) is 7.24. The molecule has 1 N–H and O–H groups in total. The third-order valence-corrected chi connectivity index (χ3v) is 3.89. The molecule has 0 spiro atoms. The minimum Gasteiger partial charge on any atom is -0.385 e. The quantitative estimate of drug-likeness (QED) is 0.804. The maximum Gasteiger partial charge on any atom is 0.0474 e. The van der Waals surface area contributed by atoms with Crippen molar-refractivity contribution in [3.63, 3.8) is 0 Å². The topological polar surface area (TPSA) is 21.3 Å². The molecular weight excluding hydrogens is 322 g/mol. The standard InChI is InChI=1S/C11H15Br2NO/c1-15-6-2-5-14-8-9-3-4-10(12)11(13)7-9/h3-4,7,14H,2,5-6,8H2,1H3. The van der Waals surface area contributed by atoms with Crippen molar-refractivity contribution < 1.29 is 4.74 Å². The Bertz CT molecular complexity index is 305. The molecule has 0 fully saturated rings. The van der Waals surface area contributed by atoms with Crippen LogP contribution in [0.5, 0.6) is 0 Å². The monoisotopic (exact) mass is 335 g/mol. The van der Waals surface area contributed by atoms with Crippen LogP contribution in [0, 0.1) is 0 Å². The SMILES string of the molecule is COCCCNCc1ccc(Br)c(Br)c1. The highest BCUT2D eigenvalue weighted by Crippen LogP contribution is 2.23. The molecule has 0 saturated carbocycles. The van der Waals surface area contributed by atoms with E-state index in [1.54, 1.807) is 7.11 Å². The van der Waals surface area contributed by atoms with Gasteiger partial charge in [-0.2, -0.15) is 0 Å². The first-order valence-electron chi connectivity index (χ1n) is 4.87. The van der Waals surface area contributed by atoms with E-state index in [4.69, 9.17) is 4.74 Å².